The molecule has 6 unspecified atom stereocenters. The molecule has 3 rings (SSSR count). The minimum absolute atomic E-state index is 0.00697. The van der Waals surface area contributed by atoms with Crippen molar-refractivity contribution in [1.29, 1.82) is 0 Å². The monoisotopic (exact) mass is 422 g/mol. The standard InChI is InChI=1S/C19H26F8O/c1-5-16(22)9-17(19(25,26)27,18(23,24)13(16)15(4,20)21)28-12-8-10-6-7-11(12)14(10,2)3/h10-13H,5-9H2,1-4H3. The molecule has 1 nitrogen and oxygen atoms in total. The summed E-state index contributed by atoms with van der Waals surface area (Å²) >= 11 is 0. The Balaban J connectivity index is 2.08. The number of rotatable bonds is 4. The summed E-state index contributed by atoms with van der Waals surface area (Å²) in [6.07, 6.45) is -8.16. The zero-order valence-corrected chi connectivity index (χ0v) is 16.3. The summed E-state index contributed by atoms with van der Waals surface area (Å²) in [5.74, 6) is -13.3. The van der Waals surface area contributed by atoms with Crippen LogP contribution in [0.3, 0.4) is 0 Å². The van der Waals surface area contributed by atoms with Crippen LogP contribution in [0.5, 0.6) is 0 Å². The van der Waals surface area contributed by atoms with Gasteiger partial charge < -0.3 is 4.74 Å². The third kappa shape index (κ3) is 2.73. The van der Waals surface area contributed by atoms with Gasteiger partial charge in [-0.05, 0) is 49.9 Å². The van der Waals surface area contributed by atoms with Crippen molar-refractivity contribution in [1.82, 2.24) is 0 Å². The second-order valence-electron chi connectivity index (χ2n) is 9.50. The van der Waals surface area contributed by atoms with E-state index in [1.807, 2.05) is 13.8 Å². The highest BCUT2D eigenvalue weighted by atomic mass is 19.4. The molecule has 0 radical (unpaired) electrons. The van der Waals surface area contributed by atoms with E-state index in [-0.39, 0.29) is 19.3 Å². The van der Waals surface area contributed by atoms with Crippen LogP contribution in [0.1, 0.15) is 59.8 Å². The van der Waals surface area contributed by atoms with E-state index in [2.05, 4.69) is 0 Å². The summed E-state index contributed by atoms with van der Waals surface area (Å²) < 4.78 is 121. The average molecular weight is 422 g/mol. The van der Waals surface area contributed by atoms with E-state index >= 15 is 13.2 Å². The Bertz CT molecular complexity index is 624. The van der Waals surface area contributed by atoms with Gasteiger partial charge in [-0.25, -0.2) is 22.0 Å². The first-order valence-electron chi connectivity index (χ1n) is 9.63. The molecule has 9 heteroatoms. The van der Waals surface area contributed by atoms with E-state index < -0.39 is 65.5 Å². The first-order chi connectivity index (χ1) is 12.4. The topological polar surface area (TPSA) is 9.23 Å². The molecule has 3 fully saturated rings. The van der Waals surface area contributed by atoms with Gasteiger partial charge in [0.15, 0.2) is 0 Å². The van der Waals surface area contributed by atoms with E-state index in [1.165, 1.54) is 0 Å². The lowest BCUT2D eigenvalue weighted by Gasteiger charge is -2.42. The van der Waals surface area contributed by atoms with Crippen LogP contribution >= 0.6 is 0 Å². The fraction of sp³-hybridized carbons (Fsp3) is 1.00. The number of hydrogen-bond donors (Lipinski definition) is 0. The quantitative estimate of drug-likeness (QED) is 0.467. The first kappa shape index (κ1) is 22.1. The van der Waals surface area contributed by atoms with Crippen LogP contribution in [-0.2, 0) is 4.74 Å². The maximum atomic E-state index is 15.2. The van der Waals surface area contributed by atoms with Gasteiger partial charge >= 0.3 is 6.18 Å². The van der Waals surface area contributed by atoms with E-state index in [1.54, 1.807) is 0 Å². The van der Waals surface area contributed by atoms with Crippen LogP contribution in [0.15, 0.2) is 0 Å². The molecule has 0 saturated heterocycles. The van der Waals surface area contributed by atoms with Gasteiger partial charge in [0.25, 0.3) is 11.8 Å². The molecule has 164 valence electrons. The Morgan fingerprint density at radius 3 is 1.89 bits per heavy atom. The van der Waals surface area contributed by atoms with Crippen molar-refractivity contribution in [2.75, 3.05) is 0 Å². The van der Waals surface area contributed by atoms with Crippen molar-refractivity contribution in [3.63, 3.8) is 0 Å². The normalized spacial score (nSPS) is 45.0. The smallest absolute Gasteiger partial charge is 0.356 e. The molecule has 0 amide bonds. The molecule has 0 aromatic carbocycles. The summed E-state index contributed by atoms with van der Waals surface area (Å²) in [4.78, 5) is 0. The van der Waals surface area contributed by atoms with Crippen LogP contribution in [0.25, 0.3) is 0 Å². The molecule has 6 atom stereocenters. The predicted molar refractivity (Wildman–Crippen MR) is 86.1 cm³/mol. The lowest BCUT2D eigenvalue weighted by atomic mass is 9.81. The number of ether oxygens (including phenoxy) is 1. The van der Waals surface area contributed by atoms with Crippen molar-refractivity contribution in [2.24, 2.45) is 23.2 Å². The number of halogens is 8. The lowest BCUT2D eigenvalue weighted by Crippen LogP contribution is -2.62. The van der Waals surface area contributed by atoms with Gasteiger partial charge in [-0.15, -0.1) is 0 Å². The first-order valence-corrected chi connectivity index (χ1v) is 9.63. The highest BCUT2D eigenvalue weighted by Crippen LogP contribution is 2.68. The fourth-order valence-corrected chi connectivity index (χ4v) is 6.12. The molecule has 0 heterocycles. The van der Waals surface area contributed by atoms with Crippen LogP contribution < -0.4 is 0 Å². The maximum absolute atomic E-state index is 15.2. The number of hydrogen-bond acceptors (Lipinski definition) is 1. The Morgan fingerprint density at radius 1 is 1.00 bits per heavy atom. The largest absolute Gasteiger partial charge is 0.423 e. The van der Waals surface area contributed by atoms with Gasteiger partial charge in [0, 0.05) is 6.42 Å². The highest BCUT2D eigenvalue weighted by Gasteiger charge is 2.86. The lowest BCUT2D eigenvalue weighted by molar-refractivity contribution is -0.363. The van der Waals surface area contributed by atoms with Crippen LogP contribution in [-0.4, -0.2) is 35.4 Å². The molecule has 0 spiro atoms. The van der Waals surface area contributed by atoms with Crippen LogP contribution in [0.4, 0.5) is 35.1 Å². The Morgan fingerprint density at radius 2 is 1.57 bits per heavy atom. The molecular weight excluding hydrogens is 396 g/mol. The van der Waals surface area contributed by atoms with Crippen molar-refractivity contribution in [2.45, 2.75) is 95.2 Å². The number of alkyl halides is 8. The van der Waals surface area contributed by atoms with Gasteiger partial charge in [0.1, 0.15) is 11.6 Å². The third-order valence-corrected chi connectivity index (χ3v) is 7.67. The molecule has 28 heavy (non-hydrogen) atoms. The zero-order valence-electron chi connectivity index (χ0n) is 16.3. The Kier molecular flexibility index (Phi) is 4.71. The molecule has 3 saturated carbocycles. The van der Waals surface area contributed by atoms with Crippen molar-refractivity contribution >= 4 is 0 Å². The molecule has 2 bridgehead atoms. The van der Waals surface area contributed by atoms with E-state index in [4.69, 9.17) is 4.74 Å². The minimum atomic E-state index is -5.70. The van der Waals surface area contributed by atoms with Gasteiger partial charge in [-0.1, -0.05) is 20.8 Å². The summed E-state index contributed by atoms with van der Waals surface area (Å²) in [5.41, 5.74) is -8.05. The average Bonchev–Trinajstić information content (AvgIpc) is 2.98. The van der Waals surface area contributed by atoms with Crippen molar-refractivity contribution in [3.05, 3.63) is 0 Å². The van der Waals surface area contributed by atoms with Crippen molar-refractivity contribution < 1.29 is 39.9 Å². The molecule has 0 aromatic rings. The maximum Gasteiger partial charge on any atom is 0.423 e. The van der Waals surface area contributed by atoms with Gasteiger partial charge in [-0.2, -0.15) is 13.2 Å². The second kappa shape index (κ2) is 5.97. The molecule has 3 aliphatic carbocycles. The number of fused-ring (bicyclic) bond motifs is 2. The minimum Gasteiger partial charge on any atom is -0.356 e. The summed E-state index contributed by atoms with van der Waals surface area (Å²) in [7, 11) is 0. The van der Waals surface area contributed by atoms with Crippen LogP contribution in [0, 0.1) is 23.2 Å². The van der Waals surface area contributed by atoms with E-state index in [0.717, 1.165) is 13.3 Å². The van der Waals surface area contributed by atoms with Gasteiger partial charge in [-0.3, -0.25) is 0 Å². The Labute approximate surface area is 159 Å². The second-order valence-corrected chi connectivity index (χ2v) is 9.50. The molecular formula is C19H26F8O. The SMILES string of the molecule is CCC1(F)CC(OC2CC3CCC2C3(C)C)(C(F)(F)F)C(F)(F)C1C(C)(F)F. The summed E-state index contributed by atoms with van der Waals surface area (Å²) in [5, 5.41) is 0. The third-order valence-electron chi connectivity index (χ3n) is 7.67. The zero-order chi connectivity index (χ0) is 21.6. The highest BCUT2D eigenvalue weighted by molar-refractivity contribution is 5.22. The van der Waals surface area contributed by atoms with Crippen molar-refractivity contribution in [3.8, 4) is 0 Å². The van der Waals surface area contributed by atoms with Crippen LogP contribution in [0.2, 0.25) is 0 Å². The fourth-order valence-electron chi connectivity index (χ4n) is 6.12. The summed E-state index contributed by atoms with van der Waals surface area (Å²) in [6, 6.07) is 0. The molecule has 0 aliphatic heterocycles. The predicted octanol–water partition coefficient (Wildman–Crippen LogP) is 6.56. The molecule has 0 N–H and O–H groups in total. The Hall–Kier alpha value is -0.600. The van der Waals surface area contributed by atoms with E-state index in [0.29, 0.717) is 6.42 Å². The van der Waals surface area contributed by atoms with Gasteiger partial charge in [0.05, 0.1) is 6.10 Å². The van der Waals surface area contributed by atoms with E-state index in [9.17, 15) is 22.0 Å². The molecule has 0 aromatic heterocycles. The van der Waals surface area contributed by atoms with Gasteiger partial charge in [0.2, 0.25) is 5.60 Å². The summed E-state index contributed by atoms with van der Waals surface area (Å²) in [6.45, 7) is 4.74. The molecule has 3 aliphatic rings.